The van der Waals surface area contributed by atoms with Crippen molar-refractivity contribution in [3.63, 3.8) is 0 Å². The maximum atomic E-state index is 12.3. The van der Waals surface area contributed by atoms with Crippen LogP contribution in [0.25, 0.3) is 16.8 Å². The summed E-state index contributed by atoms with van der Waals surface area (Å²) in [5.41, 5.74) is 5.18. The smallest absolute Gasteiger partial charge is 0.275 e. The van der Waals surface area contributed by atoms with Crippen LogP contribution in [-0.4, -0.2) is 8.97 Å². The average molecular weight is 252 g/mol. The van der Waals surface area contributed by atoms with Crippen LogP contribution in [0.1, 0.15) is 11.1 Å². The van der Waals surface area contributed by atoms with Gasteiger partial charge in [0.15, 0.2) is 0 Å². The minimum absolute atomic E-state index is 0.0301. The highest BCUT2D eigenvalue weighted by Crippen LogP contribution is 2.23. The van der Waals surface area contributed by atoms with E-state index in [1.54, 1.807) is 4.57 Å². The number of aromatic nitrogens is 2. The summed E-state index contributed by atoms with van der Waals surface area (Å²) in [6, 6.07) is 10.0. The number of hydrogen-bond donors (Lipinski definition) is 0. The molecule has 3 aromatic rings. The highest BCUT2D eigenvalue weighted by molar-refractivity contribution is 5.65. The molecule has 0 aliphatic heterocycles. The zero-order valence-corrected chi connectivity index (χ0v) is 11.3. The molecule has 0 spiro atoms. The third-order valence-corrected chi connectivity index (χ3v) is 3.58. The van der Waals surface area contributed by atoms with Gasteiger partial charge in [-0.05, 0) is 31.5 Å². The van der Waals surface area contributed by atoms with Crippen LogP contribution in [0, 0.1) is 13.8 Å². The fourth-order valence-corrected chi connectivity index (χ4v) is 2.54. The monoisotopic (exact) mass is 252 g/mol. The van der Waals surface area contributed by atoms with E-state index >= 15 is 0 Å². The van der Waals surface area contributed by atoms with Gasteiger partial charge in [-0.25, -0.2) is 0 Å². The molecule has 2 heterocycles. The summed E-state index contributed by atoms with van der Waals surface area (Å²) in [6.07, 6.45) is 3.91. The molecule has 0 saturated carbocycles. The van der Waals surface area contributed by atoms with Crippen LogP contribution in [-0.2, 0) is 7.05 Å². The number of nitrogens with zero attached hydrogens (tertiary/aromatic N) is 2. The first-order valence-corrected chi connectivity index (χ1v) is 6.32. The third-order valence-electron chi connectivity index (χ3n) is 3.58. The fraction of sp³-hybridized carbons (Fsp3) is 0.188. The fourth-order valence-electron chi connectivity index (χ4n) is 2.54. The SMILES string of the molecule is Cc1ccc(-c2cn3cccc3c(=O)n2C)c(C)c1. The largest absolute Gasteiger partial charge is 0.317 e. The molecule has 0 aliphatic carbocycles. The summed E-state index contributed by atoms with van der Waals surface area (Å²) >= 11 is 0. The number of fused-ring (bicyclic) bond motifs is 1. The summed E-state index contributed by atoms with van der Waals surface area (Å²) in [6.45, 7) is 4.15. The zero-order valence-electron chi connectivity index (χ0n) is 11.3. The first-order chi connectivity index (χ1) is 9.08. The van der Waals surface area contributed by atoms with Crippen LogP contribution in [0.15, 0.2) is 47.5 Å². The lowest BCUT2D eigenvalue weighted by atomic mass is 10.0. The Morgan fingerprint density at radius 2 is 1.89 bits per heavy atom. The van der Waals surface area contributed by atoms with E-state index in [0.29, 0.717) is 5.52 Å². The lowest BCUT2D eigenvalue weighted by Gasteiger charge is -2.12. The van der Waals surface area contributed by atoms with E-state index in [-0.39, 0.29) is 5.56 Å². The van der Waals surface area contributed by atoms with Gasteiger partial charge in [0.25, 0.3) is 5.56 Å². The predicted octanol–water partition coefficient (Wildman–Crippen LogP) is 2.92. The molecule has 0 aliphatic rings. The second kappa shape index (κ2) is 4.12. The summed E-state index contributed by atoms with van der Waals surface area (Å²) in [4.78, 5) is 12.3. The van der Waals surface area contributed by atoms with E-state index in [4.69, 9.17) is 0 Å². The van der Waals surface area contributed by atoms with E-state index in [1.165, 1.54) is 11.1 Å². The van der Waals surface area contributed by atoms with Crippen molar-refractivity contribution in [3.8, 4) is 11.3 Å². The first-order valence-electron chi connectivity index (χ1n) is 6.32. The van der Waals surface area contributed by atoms with Gasteiger partial charge in [0, 0.05) is 25.0 Å². The van der Waals surface area contributed by atoms with Gasteiger partial charge in [0.05, 0.1) is 5.69 Å². The minimum atomic E-state index is 0.0301. The molecule has 0 fully saturated rings. The Morgan fingerprint density at radius 3 is 2.63 bits per heavy atom. The first kappa shape index (κ1) is 11.8. The van der Waals surface area contributed by atoms with Crippen LogP contribution in [0.4, 0.5) is 0 Å². The molecule has 19 heavy (non-hydrogen) atoms. The van der Waals surface area contributed by atoms with Gasteiger partial charge in [-0.1, -0.05) is 23.8 Å². The Balaban J connectivity index is 2.36. The summed E-state index contributed by atoms with van der Waals surface area (Å²) in [5, 5.41) is 0. The highest BCUT2D eigenvalue weighted by atomic mass is 16.1. The molecule has 0 saturated heterocycles. The van der Waals surface area contributed by atoms with E-state index in [0.717, 1.165) is 11.3 Å². The molecule has 3 nitrogen and oxygen atoms in total. The Hall–Kier alpha value is -2.29. The molecule has 96 valence electrons. The quantitative estimate of drug-likeness (QED) is 0.654. The number of hydrogen-bond acceptors (Lipinski definition) is 1. The maximum Gasteiger partial charge on any atom is 0.275 e. The van der Waals surface area contributed by atoms with Gasteiger partial charge in [-0.15, -0.1) is 0 Å². The third kappa shape index (κ3) is 1.78. The molecule has 0 atom stereocenters. The van der Waals surface area contributed by atoms with E-state index in [2.05, 4.69) is 32.0 Å². The van der Waals surface area contributed by atoms with Crippen molar-refractivity contribution in [1.82, 2.24) is 8.97 Å². The highest BCUT2D eigenvalue weighted by Gasteiger charge is 2.10. The molecular weight excluding hydrogens is 236 g/mol. The van der Waals surface area contributed by atoms with Crippen molar-refractivity contribution in [3.05, 3.63) is 64.2 Å². The molecule has 2 aromatic heterocycles. The van der Waals surface area contributed by atoms with Gasteiger partial charge >= 0.3 is 0 Å². The van der Waals surface area contributed by atoms with Crippen molar-refractivity contribution in [2.24, 2.45) is 7.05 Å². The molecule has 0 radical (unpaired) electrons. The van der Waals surface area contributed by atoms with Crippen LogP contribution < -0.4 is 5.56 Å². The van der Waals surface area contributed by atoms with Crippen molar-refractivity contribution in [2.75, 3.05) is 0 Å². The predicted molar refractivity (Wildman–Crippen MR) is 77.5 cm³/mol. The molecule has 3 rings (SSSR count). The Morgan fingerprint density at radius 1 is 1.11 bits per heavy atom. The minimum Gasteiger partial charge on any atom is -0.317 e. The normalized spacial score (nSPS) is 11.1. The van der Waals surface area contributed by atoms with Crippen molar-refractivity contribution in [1.29, 1.82) is 0 Å². The molecule has 1 aromatic carbocycles. The lowest BCUT2D eigenvalue weighted by Crippen LogP contribution is -2.20. The molecular formula is C16H16N2O. The Labute approximate surface area is 111 Å². The second-order valence-corrected chi connectivity index (χ2v) is 5.00. The van der Waals surface area contributed by atoms with E-state index in [1.807, 2.05) is 36.0 Å². The molecule has 0 bridgehead atoms. The van der Waals surface area contributed by atoms with Gasteiger partial charge < -0.3 is 8.97 Å². The standard InChI is InChI=1S/C16H16N2O/c1-11-6-7-13(12(2)9-11)15-10-18-8-4-5-14(18)16(19)17(15)3/h4-10H,1-3H3. The molecule has 0 unspecified atom stereocenters. The Kier molecular flexibility index (Phi) is 2.56. The Bertz CT molecular complexity index is 824. The molecule has 0 N–H and O–H groups in total. The van der Waals surface area contributed by atoms with Gasteiger partial charge in [-0.2, -0.15) is 0 Å². The maximum absolute atomic E-state index is 12.3. The van der Waals surface area contributed by atoms with Gasteiger partial charge in [0.2, 0.25) is 0 Å². The summed E-state index contributed by atoms with van der Waals surface area (Å²) < 4.78 is 3.60. The second-order valence-electron chi connectivity index (χ2n) is 5.00. The topological polar surface area (TPSA) is 26.4 Å². The van der Waals surface area contributed by atoms with Crippen molar-refractivity contribution >= 4 is 5.52 Å². The van der Waals surface area contributed by atoms with Crippen molar-refractivity contribution in [2.45, 2.75) is 13.8 Å². The van der Waals surface area contributed by atoms with Crippen LogP contribution in [0.3, 0.4) is 0 Å². The van der Waals surface area contributed by atoms with E-state index in [9.17, 15) is 4.79 Å². The average Bonchev–Trinajstić information content (AvgIpc) is 2.83. The van der Waals surface area contributed by atoms with Crippen molar-refractivity contribution < 1.29 is 0 Å². The molecule has 3 heteroatoms. The van der Waals surface area contributed by atoms with Gasteiger partial charge in [-0.3, -0.25) is 4.79 Å². The number of benzene rings is 1. The van der Waals surface area contributed by atoms with Crippen LogP contribution in [0.5, 0.6) is 0 Å². The van der Waals surface area contributed by atoms with Crippen LogP contribution in [0.2, 0.25) is 0 Å². The summed E-state index contributed by atoms with van der Waals surface area (Å²) in [5.74, 6) is 0. The number of aryl methyl sites for hydroxylation is 2. The summed E-state index contributed by atoms with van der Waals surface area (Å²) in [7, 11) is 1.82. The van der Waals surface area contributed by atoms with Gasteiger partial charge in [0.1, 0.15) is 5.52 Å². The molecule has 0 amide bonds. The lowest BCUT2D eigenvalue weighted by molar-refractivity contribution is 0.856. The zero-order chi connectivity index (χ0) is 13.6. The van der Waals surface area contributed by atoms with E-state index < -0.39 is 0 Å². The number of rotatable bonds is 1. The van der Waals surface area contributed by atoms with Crippen LogP contribution >= 0.6 is 0 Å².